The Bertz CT molecular complexity index is 439. The highest BCUT2D eigenvalue weighted by molar-refractivity contribution is 5.61. The van der Waals surface area contributed by atoms with Gasteiger partial charge in [-0.1, -0.05) is 44.0 Å². The summed E-state index contributed by atoms with van der Waals surface area (Å²) in [5.74, 6) is 0. The van der Waals surface area contributed by atoms with Crippen LogP contribution < -0.4 is 0 Å². The van der Waals surface area contributed by atoms with Crippen LogP contribution in [-0.4, -0.2) is 0 Å². The Balaban J connectivity index is 2.66. The van der Waals surface area contributed by atoms with Gasteiger partial charge in [-0.15, -0.1) is 0 Å². The molecule has 0 radical (unpaired) electrons. The zero-order valence-corrected chi connectivity index (χ0v) is 10.1. The van der Waals surface area contributed by atoms with Gasteiger partial charge >= 0.3 is 0 Å². The minimum atomic E-state index is 0.142. The van der Waals surface area contributed by atoms with E-state index >= 15 is 0 Å². The summed E-state index contributed by atoms with van der Waals surface area (Å²) >= 11 is 0. The second-order valence-electron chi connectivity index (χ2n) is 3.98. The van der Waals surface area contributed by atoms with E-state index in [1.807, 2.05) is 24.3 Å². The summed E-state index contributed by atoms with van der Waals surface area (Å²) in [6.45, 7) is 2.19. The third-order valence-corrected chi connectivity index (χ3v) is 2.60. The van der Waals surface area contributed by atoms with E-state index in [0.717, 1.165) is 12.0 Å². The molecule has 0 aromatic heterocycles. The third kappa shape index (κ3) is 4.53. The summed E-state index contributed by atoms with van der Waals surface area (Å²) in [5.41, 5.74) is 2.36. The molecule has 0 saturated carbocycles. The van der Waals surface area contributed by atoms with Crippen molar-refractivity contribution in [2.24, 2.45) is 0 Å². The highest BCUT2D eigenvalue weighted by Crippen LogP contribution is 2.11. The molecule has 0 aliphatic carbocycles. The van der Waals surface area contributed by atoms with Crippen LogP contribution in [0.4, 0.5) is 0 Å². The SMILES string of the molecule is CCCCCc1ccc(C=C(C#N)C#N)cc1. The van der Waals surface area contributed by atoms with Crippen LogP contribution in [-0.2, 0) is 6.42 Å². The minimum Gasteiger partial charge on any atom is -0.192 e. The lowest BCUT2D eigenvalue weighted by Crippen LogP contribution is -1.85. The third-order valence-electron chi connectivity index (χ3n) is 2.60. The lowest BCUT2D eigenvalue weighted by atomic mass is 10.0. The summed E-state index contributed by atoms with van der Waals surface area (Å²) in [7, 11) is 0. The van der Waals surface area contributed by atoms with E-state index in [1.165, 1.54) is 24.8 Å². The van der Waals surface area contributed by atoms with E-state index < -0.39 is 0 Å². The van der Waals surface area contributed by atoms with Gasteiger partial charge in [-0.25, -0.2) is 0 Å². The maximum absolute atomic E-state index is 8.64. The van der Waals surface area contributed by atoms with E-state index in [1.54, 1.807) is 6.08 Å². The largest absolute Gasteiger partial charge is 0.192 e. The molecule has 0 amide bonds. The van der Waals surface area contributed by atoms with Gasteiger partial charge in [0.05, 0.1) is 0 Å². The maximum Gasteiger partial charge on any atom is 0.130 e. The average Bonchev–Trinajstić information content (AvgIpc) is 2.38. The molecule has 0 bridgehead atoms. The van der Waals surface area contributed by atoms with Crippen LogP contribution in [0.3, 0.4) is 0 Å². The highest BCUT2D eigenvalue weighted by atomic mass is 14.3. The van der Waals surface area contributed by atoms with Crippen molar-refractivity contribution in [2.75, 3.05) is 0 Å². The summed E-state index contributed by atoms with van der Waals surface area (Å²) < 4.78 is 0. The first kappa shape index (κ1) is 13.0. The molecule has 0 aliphatic rings. The molecule has 2 nitrogen and oxygen atoms in total. The van der Waals surface area contributed by atoms with E-state index in [-0.39, 0.29) is 5.57 Å². The fourth-order valence-electron chi connectivity index (χ4n) is 1.62. The smallest absolute Gasteiger partial charge is 0.130 e. The van der Waals surface area contributed by atoms with Crippen LogP contribution in [0.25, 0.3) is 6.08 Å². The molecule has 0 aliphatic heterocycles. The van der Waals surface area contributed by atoms with Crippen molar-refractivity contribution in [3.8, 4) is 12.1 Å². The first-order valence-electron chi connectivity index (χ1n) is 5.91. The van der Waals surface area contributed by atoms with Crippen LogP contribution in [0, 0.1) is 22.7 Å². The number of nitrogens with zero attached hydrogens (tertiary/aromatic N) is 2. The van der Waals surface area contributed by atoms with Gasteiger partial charge in [-0.3, -0.25) is 0 Å². The van der Waals surface area contributed by atoms with Crippen molar-refractivity contribution in [1.29, 1.82) is 10.5 Å². The number of rotatable bonds is 5. The van der Waals surface area contributed by atoms with Gasteiger partial charge in [0.25, 0.3) is 0 Å². The minimum absolute atomic E-state index is 0.142. The van der Waals surface area contributed by atoms with Crippen LogP contribution in [0.2, 0.25) is 0 Å². The van der Waals surface area contributed by atoms with E-state index in [0.29, 0.717) is 0 Å². The van der Waals surface area contributed by atoms with Crippen molar-refractivity contribution in [2.45, 2.75) is 32.6 Å². The summed E-state index contributed by atoms with van der Waals surface area (Å²) in [6.07, 6.45) is 6.41. The number of aryl methyl sites for hydroxylation is 1. The lowest BCUT2D eigenvalue weighted by Gasteiger charge is -2.01. The van der Waals surface area contributed by atoms with Gasteiger partial charge in [-0.2, -0.15) is 10.5 Å². The standard InChI is InChI=1S/C15H16N2/c1-2-3-4-5-13-6-8-14(9-7-13)10-15(11-16)12-17/h6-10H,2-5H2,1H3. The zero-order chi connectivity index (χ0) is 12.5. The van der Waals surface area contributed by atoms with Crippen molar-refractivity contribution >= 4 is 6.08 Å². The van der Waals surface area contributed by atoms with E-state index in [9.17, 15) is 0 Å². The fraction of sp³-hybridized carbons (Fsp3) is 0.333. The zero-order valence-electron chi connectivity index (χ0n) is 10.1. The molecule has 0 heterocycles. The monoisotopic (exact) mass is 224 g/mol. The number of hydrogen-bond donors (Lipinski definition) is 0. The second-order valence-corrected chi connectivity index (χ2v) is 3.98. The van der Waals surface area contributed by atoms with Crippen LogP contribution in [0.15, 0.2) is 29.8 Å². The number of benzene rings is 1. The average molecular weight is 224 g/mol. The van der Waals surface area contributed by atoms with Crippen LogP contribution >= 0.6 is 0 Å². The van der Waals surface area contributed by atoms with Crippen LogP contribution in [0.5, 0.6) is 0 Å². The van der Waals surface area contributed by atoms with Gasteiger partial charge in [-0.05, 0) is 30.0 Å². The Labute approximate surface area is 103 Å². The predicted octanol–water partition coefficient (Wildman–Crippen LogP) is 3.85. The molecule has 1 rings (SSSR count). The van der Waals surface area contributed by atoms with Gasteiger partial charge in [0.2, 0.25) is 0 Å². The molecular formula is C15H16N2. The summed E-state index contributed by atoms with van der Waals surface area (Å²) in [4.78, 5) is 0. The fourth-order valence-corrected chi connectivity index (χ4v) is 1.62. The number of allylic oxidation sites excluding steroid dienone is 1. The van der Waals surface area contributed by atoms with Gasteiger partial charge < -0.3 is 0 Å². The molecule has 0 atom stereocenters. The van der Waals surface area contributed by atoms with E-state index in [2.05, 4.69) is 19.1 Å². The van der Waals surface area contributed by atoms with E-state index in [4.69, 9.17) is 10.5 Å². The maximum atomic E-state index is 8.64. The Morgan fingerprint density at radius 3 is 2.29 bits per heavy atom. The number of hydrogen-bond acceptors (Lipinski definition) is 2. The molecule has 2 heteroatoms. The number of nitriles is 2. The molecule has 86 valence electrons. The molecule has 1 aromatic carbocycles. The van der Waals surface area contributed by atoms with Gasteiger partial charge in [0.1, 0.15) is 17.7 Å². The molecule has 0 fully saturated rings. The molecule has 0 N–H and O–H groups in total. The predicted molar refractivity (Wildman–Crippen MR) is 68.9 cm³/mol. The van der Waals surface area contributed by atoms with Crippen molar-refractivity contribution < 1.29 is 0 Å². The first-order valence-corrected chi connectivity index (χ1v) is 5.91. The van der Waals surface area contributed by atoms with Gasteiger partial charge in [0, 0.05) is 0 Å². The van der Waals surface area contributed by atoms with Crippen molar-refractivity contribution in [3.05, 3.63) is 41.0 Å². The normalized spacial score (nSPS) is 9.12. The topological polar surface area (TPSA) is 47.6 Å². The molecular weight excluding hydrogens is 208 g/mol. The highest BCUT2D eigenvalue weighted by Gasteiger charge is 1.96. The Kier molecular flexibility index (Phi) is 5.55. The van der Waals surface area contributed by atoms with Gasteiger partial charge in [0.15, 0.2) is 0 Å². The van der Waals surface area contributed by atoms with Crippen molar-refractivity contribution in [3.63, 3.8) is 0 Å². The molecule has 0 spiro atoms. The lowest BCUT2D eigenvalue weighted by molar-refractivity contribution is 0.717. The molecule has 0 saturated heterocycles. The quantitative estimate of drug-likeness (QED) is 0.563. The first-order chi connectivity index (χ1) is 8.30. The molecule has 17 heavy (non-hydrogen) atoms. The summed E-state index contributed by atoms with van der Waals surface area (Å²) in [5, 5.41) is 17.3. The molecule has 1 aromatic rings. The van der Waals surface area contributed by atoms with Crippen molar-refractivity contribution in [1.82, 2.24) is 0 Å². The second kappa shape index (κ2) is 7.25. The van der Waals surface area contributed by atoms with Crippen LogP contribution in [0.1, 0.15) is 37.3 Å². The Morgan fingerprint density at radius 1 is 1.12 bits per heavy atom. The Hall–Kier alpha value is -2.06. The summed E-state index contributed by atoms with van der Waals surface area (Å²) in [6, 6.07) is 11.7. The Morgan fingerprint density at radius 2 is 1.76 bits per heavy atom. The molecule has 0 unspecified atom stereocenters. The number of unbranched alkanes of at least 4 members (excludes halogenated alkanes) is 2.